The Hall–Kier alpha value is -2.63. The zero-order chi connectivity index (χ0) is 15.4. The van der Waals surface area contributed by atoms with Crippen LogP contribution in [-0.4, -0.2) is 53.0 Å². The van der Waals surface area contributed by atoms with Crippen molar-refractivity contribution in [2.75, 3.05) is 13.1 Å². The fourth-order valence-corrected chi connectivity index (χ4v) is 2.12. The first-order valence-corrected chi connectivity index (χ1v) is 6.40. The second-order valence-electron chi connectivity index (χ2n) is 4.63. The normalized spacial score (nSPS) is 21.4. The summed E-state index contributed by atoms with van der Waals surface area (Å²) in [5.41, 5.74) is 0. The minimum absolute atomic E-state index is 0.00593. The molecule has 0 spiro atoms. The van der Waals surface area contributed by atoms with Gasteiger partial charge in [0.15, 0.2) is 0 Å². The molecule has 2 heterocycles. The van der Waals surface area contributed by atoms with Crippen LogP contribution in [-0.2, 0) is 24.0 Å². The molecule has 2 saturated heterocycles. The molecule has 0 aliphatic carbocycles. The number of rotatable bonds is 3. The highest BCUT2D eigenvalue weighted by atomic mass is 16.8. The van der Waals surface area contributed by atoms with Gasteiger partial charge in [0.1, 0.15) is 12.5 Å². The lowest BCUT2D eigenvalue weighted by Gasteiger charge is -2.16. The van der Waals surface area contributed by atoms with E-state index in [4.69, 9.17) is 10.00 Å². The summed E-state index contributed by atoms with van der Waals surface area (Å²) < 4.78 is 4.94. The van der Waals surface area contributed by atoms with Gasteiger partial charge in [-0.15, -0.1) is 0 Å². The molecule has 0 aromatic carbocycles. The van der Waals surface area contributed by atoms with Crippen molar-refractivity contribution in [2.45, 2.75) is 31.8 Å². The van der Waals surface area contributed by atoms with Gasteiger partial charge in [0, 0.05) is 25.8 Å². The number of nitriles is 1. The minimum atomic E-state index is -1.15. The first-order chi connectivity index (χ1) is 10.0. The van der Waals surface area contributed by atoms with E-state index in [-0.39, 0.29) is 31.7 Å². The highest BCUT2D eigenvalue weighted by molar-refractivity contribution is 6.01. The largest absolute Gasteiger partial charge is 0.534 e. The van der Waals surface area contributed by atoms with Crippen molar-refractivity contribution in [3.63, 3.8) is 0 Å². The number of hydrogen-bond acceptors (Lipinski definition) is 7. The number of amides is 3. The standard InChI is InChI=1S/C12H13N3O6/c13-5-3-9(16)14-6-4-8(7-14)20-12(19)21-15-10(17)1-2-11(15)18/h8H,1-4,6-7H2/t8-/m0/s1. The SMILES string of the molecule is N#CCC(=O)N1CC[C@H](OC(=O)ON2C(=O)CCC2=O)C1. The van der Waals surface area contributed by atoms with Crippen molar-refractivity contribution in [2.24, 2.45) is 0 Å². The Morgan fingerprint density at radius 2 is 1.95 bits per heavy atom. The van der Waals surface area contributed by atoms with Crippen molar-refractivity contribution >= 4 is 23.9 Å². The van der Waals surface area contributed by atoms with Gasteiger partial charge in [-0.3, -0.25) is 19.2 Å². The maximum Gasteiger partial charge on any atom is 0.534 e. The van der Waals surface area contributed by atoms with Crippen LogP contribution in [0.15, 0.2) is 0 Å². The first kappa shape index (κ1) is 14.8. The topological polar surface area (TPSA) is 117 Å². The Morgan fingerprint density at radius 3 is 2.57 bits per heavy atom. The molecule has 0 bridgehead atoms. The number of imide groups is 1. The molecule has 2 aliphatic rings. The van der Waals surface area contributed by atoms with Gasteiger partial charge >= 0.3 is 6.16 Å². The van der Waals surface area contributed by atoms with Gasteiger partial charge in [-0.1, -0.05) is 5.06 Å². The predicted octanol–water partition coefficient (Wildman–Crippen LogP) is -0.282. The average molecular weight is 295 g/mol. The highest BCUT2D eigenvalue weighted by Gasteiger charge is 2.35. The van der Waals surface area contributed by atoms with E-state index in [0.29, 0.717) is 18.0 Å². The second kappa shape index (κ2) is 6.21. The van der Waals surface area contributed by atoms with Crippen molar-refractivity contribution < 1.29 is 28.8 Å². The van der Waals surface area contributed by atoms with E-state index >= 15 is 0 Å². The van der Waals surface area contributed by atoms with Crippen molar-refractivity contribution in [1.29, 1.82) is 5.26 Å². The van der Waals surface area contributed by atoms with E-state index in [1.165, 1.54) is 4.90 Å². The summed E-state index contributed by atoms with van der Waals surface area (Å²) in [6.07, 6.45) is -1.54. The van der Waals surface area contributed by atoms with Crippen LogP contribution >= 0.6 is 0 Å². The molecule has 0 radical (unpaired) electrons. The summed E-state index contributed by atoms with van der Waals surface area (Å²) in [6.45, 7) is 0.539. The molecule has 2 aliphatic heterocycles. The van der Waals surface area contributed by atoms with Gasteiger partial charge in [-0.25, -0.2) is 4.79 Å². The summed E-state index contributed by atoms with van der Waals surface area (Å²) in [4.78, 5) is 51.5. The maximum atomic E-state index is 11.5. The van der Waals surface area contributed by atoms with E-state index < -0.39 is 24.1 Å². The molecular formula is C12H13N3O6. The Kier molecular flexibility index (Phi) is 4.37. The van der Waals surface area contributed by atoms with Crippen LogP contribution in [0.5, 0.6) is 0 Å². The Bertz CT molecular complexity index is 510. The molecule has 9 nitrogen and oxygen atoms in total. The molecule has 0 aromatic rings. The van der Waals surface area contributed by atoms with Crippen LogP contribution in [0.3, 0.4) is 0 Å². The summed E-state index contributed by atoms with van der Waals surface area (Å²) in [7, 11) is 0. The predicted molar refractivity (Wildman–Crippen MR) is 63.9 cm³/mol. The third-order valence-corrected chi connectivity index (χ3v) is 3.16. The highest BCUT2D eigenvalue weighted by Crippen LogP contribution is 2.17. The molecule has 2 rings (SSSR count). The van der Waals surface area contributed by atoms with Crippen molar-refractivity contribution in [3.05, 3.63) is 0 Å². The number of nitrogens with zero attached hydrogens (tertiary/aromatic N) is 3. The molecule has 21 heavy (non-hydrogen) atoms. The van der Waals surface area contributed by atoms with Gasteiger partial charge in [-0.2, -0.15) is 5.26 Å². The molecule has 112 valence electrons. The Balaban J connectivity index is 1.79. The summed E-state index contributed by atoms with van der Waals surface area (Å²) >= 11 is 0. The van der Waals surface area contributed by atoms with Gasteiger partial charge in [0.25, 0.3) is 11.8 Å². The lowest BCUT2D eigenvalue weighted by Crippen LogP contribution is -2.35. The van der Waals surface area contributed by atoms with Crippen LogP contribution in [0.1, 0.15) is 25.7 Å². The van der Waals surface area contributed by atoms with Crippen LogP contribution < -0.4 is 0 Å². The zero-order valence-electron chi connectivity index (χ0n) is 11.1. The number of carbonyl (C=O) groups is 4. The number of likely N-dealkylation sites (tertiary alicyclic amines) is 1. The summed E-state index contributed by atoms with van der Waals surface area (Å²) in [6, 6.07) is 1.75. The molecule has 0 unspecified atom stereocenters. The third-order valence-electron chi connectivity index (χ3n) is 3.16. The lowest BCUT2D eigenvalue weighted by molar-refractivity contribution is -0.178. The number of ether oxygens (including phenoxy) is 1. The molecule has 0 saturated carbocycles. The van der Waals surface area contributed by atoms with Crippen LogP contribution in [0.2, 0.25) is 0 Å². The van der Waals surface area contributed by atoms with Gasteiger partial charge in [0.05, 0.1) is 12.6 Å². The van der Waals surface area contributed by atoms with Crippen molar-refractivity contribution in [1.82, 2.24) is 9.96 Å². The van der Waals surface area contributed by atoms with E-state index in [9.17, 15) is 19.2 Å². The number of hydroxylamine groups is 2. The Labute approximate surface area is 119 Å². The van der Waals surface area contributed by atoms with E-state index in [2.05, 4.69) is 4.84 Å². The third kappa shape index (κ3) is 3.47. The molecule has 0 N–H and O–H groups in total. The van der Waals surface area contributed by atoms with E-state index in [1.807, 2.05) is 0 Å². The number of carbonyl (C=O) groups excluding carboxylic acids is 4. The fourth-order valence-electron chi connectivity index (χ4n) is 2.12. The first-order valence-electron chi connectivity index (χ1n) is 6.40. The smallest absolute Gasteiger partial charge is 0.427 e. The van der Waals surface area contributed by atoms with E-state index in [0.717, 1.165) is 0 Å². The monoisotopic (exact) mass is 295 g/mol. The average Bonchev–Trinajstić information content (AvgIpc) is 3.01. The van der Waals surface area contributed by atoms with Gasteiger partial charge in [-0.05, 0) is 0 Å². The van der Waals surface area contributed by atoms with Crippen LogP contribution in [0, 0.1) is 11.3 Å². The maximum absolute atomic E-state index is 11.5. The minimum Gasteiger partial charge on any atom is -0.427 e. The fraction of sp³-hybridized carbons (Fsp3) is 0.583. The van der Waals surface area contributed by atoms with Crippen molar-refractivity contribution in [3.8, 4) is 6.07 Å². The lowest BCUT2D eigenvalue weighted by atomic mass is 10.3. The number of hydrogen-bond donors (Lipinski definition) is 0. The molecule has 0 aromatic heterocycles. The summed E-state index contributed by atoms with van der Waals surface area (Å²) in [5, 5.41) is 8.84. The zero-order valence-corrected chi connectivity index (χ0v) is 11.1. The second-order valence-corrected chi connectivity index (χ2v) is 4.63. The molecule has 9 heteroatoms. The molecule has 2 fully saturated rings. The molecular weight excluding hydrogens is 282 g/mol. The molecule has 1 atom stereocenters. The van der Waals surface area contributed by atoms with Crippen LogP contribution in [0.25, 0.3) is 0 Å². The quantitative estimate of drug-likeness (QED) is 0.519. The van der Waals surface area contributed by atoms with Crippen LogP contribution in [0.4, 0.5) is 4.79 Å². The summed E-state index contributed by atoms with van der Waals surface area (Å²) in [5.74, 6) is -1.51. The molecule has 3 amide bonds. The van der Waals surface area contributed by atoms with Gasteiger partial charge in [0.2, 0.25) is 5.91 Å². The van der Waals surface area contributed by atoms with Gasteiger partial charge < -0.3 is 9.64 Å². The van der Waals surface area contributed by atoms with E-state index in [1.54, 1.807) is 6.07 Å². The Morgan fingerprint density at radius 1 is 1.29 bits per heavy atom.